The van der Waals surface area contributed by atoms with Crippen molar-refractivity contribution in [1.82, 2.24) is 19.9 Å². The molecular weight excluding hydrogens is 406 g/mol. The van der Waals surface area contributed by atoms with Crippen LogP contribution in [0.3, 0.4) is 0 Å². The average molecular weight is 424 g/mol. The van der Waals surface area contributed by atoms with Crippen molar-refractivity contribution in [1.29, 1.82) is 0 Å². The van der Waals surface area contributed by atoms with Gasteiger partial charge in [0.25, 0.3) is 0 Å². The zero-order valence-corrected chi connectivity index (χ0v) is 16.3. The molecule has 2 aromatic heterocycles. The number of nitrogens with zero attached hydrogens (tertiary/aromatic N) is 2. The van der Waals surface area contributed by atoms with Gasteiger partial charge in [-0.2, -0.15) is 8.78 Å². The van der Waals surface area contributed by atoms with Crippen LogP contribution in [0, 0.1) is 6.92 Å². The summed E-state index contributed by atoms with van der Waals surface area (Å²) in [4.78, 5) is 31.0. The molecule has 0 aliphatic heterocycles. The Balaban J connectivity index is 1.60. The minimum Gasteiger partial charge on any atom is -0.503 e. The quantitative estimate of drug-likeness (QED) is 0.502. The van der Waals surface area contributed by atoms with Crippen LogP contribution in [0.4, 0.5) is 8.78 Å². The largest absolute Gasteiger partial charge is 0.503 e. The fraction of sp³-hybridized carbons (Fsp3) is 0.278. The van der Waals surface area contributed by atoms with Crippen LogP contribution in [0.15, 0.2) is 34.2 Å². The van der Waals surface area contributed by atoms with Gasteiger partial charge in [-0.15, -0.1) is 0 Å². The highest BCUT2D eigenvalue weighted by molar-refractivity contribution is 7.99. The molecular formula is C18H18F2N4O4S. The topological polar surface area (TPSA) is 109 Å². The van der Waals surface area contributed by atoms with Crippen LogP contribution in [0.1, 0.15) is 11.4 Å². The summed E-state index contributed by atoms with van der Waals surface area (Å²) in [5.41, 5.74) is 1.52. The lowest BCUT2D eigenvalue weighted by Crippen LogP contribution is -2.27. The molecule has 0 radical (unpaired) electrons. The van der Waals surface area contributed by atoms with Gasteiger partial charge in [0.2, 0.25) is 11.3 Å². The maximum Gasteiger partial charge on any atom is 0.387 e. The number of alkyl halides is 2. The number of ether oxygens (including phenoxy) is 1. The van der Waals surface area contributed by atoms with Crippen molar-refractivity contribution in [3.63, 3.8) is 0 Å². The maximum atomic E-state index is 12.3. The summed E-state index contributed by atoms with van der Waals surface area (Å²) in [6.45, 7) is -1.20. The molecule has 0 fully saturated rings. The van der Waals surface area contributed by atoms with Gasteiger partial charge in [-0.05, 0) is 19.1 Å². The third-order valence-electron chi connectivity index (χ3n) is 4.23. The summed E-state index contributed by atoms with van der Waals surface area (Å²) < 4.78 is 30.6. The van der Waals surface area contributed by atoms with E-state index in [1.54, 1.807) is 18.5 Å². The van der Waals surface area contributed by atoms with Gasteiger partial charge in [-0.3, -0.25) is 9.59 Å². The molecule has 29 heavy (non-hydrogen) atoms. The van der Waals surface area contributed by atoms with Crippen LogP contribution in [0.2, 0.25) is 0 Å². The summed E-state index contributed by atoms with van der Waals surface area (Å²) in [5.74, 6) is -0.689. The van der Waals surface area contributed by atoms with E-state index in [9.17, 15) is 23.5 Å². The van der Waals surface area contributed by atoms with Gasteiger partial charge >= 0.3 is 6.61 Å². The predicted molar refractivity (Wildman–Crippen MR) is 103 cm³/mol. The molecule has 0 saturated carbocycles. The first-order valence-corrected chi connectivity index (χ1v) is 9.45. The first-order valence-electron chi connectivity index (χ1n) is 8.47. The lowest BCUT2D eigenvalue weighted by atomic mass is 10.2. The van der Waals surface area contributed by atoms with Gasteiger partial charge in [0.1, 0.15) is 5.75 Å². The summed E-state index contributed by atoms with van der Waals surface area (Å²) in [7, 11) is 1.69. The number of aryl methyl sites for hydroxylation is 1. The van der Waals surface area contributed by atoms with Gasteiger partial charge < -0.3 is 24.7 Å². The van der Waals surface area contributed by atoms with Gasteiger partial charge in [-0.25, -0.2) is 4.98 Å². The van der Waals surface area contributed by atoms with E-state index in [1.165, 1.54) is 24.3 Å². The fourth-order valence-electron chi connectivity index (χ4n) is 2.65. The number of fused-ring (bicyclic) bond motifs is 1. The number of aromatic nitrogens is 3. The van der Waals surface area contributed by atoms with Crippen molar-refractivity contribution in [3.8, 4) is 11.5 Å². The Bertz CT molecular complexity index is 1110. The SMILES string of the molecule is Cc1cc(=O)c(O)c(CNC(=O)CSc2nc3ccc(OC(F)F)cc3[nH]2)n1C. The number of rotatable bonds is 7. The smallest absolute Gasteiger partial charge is 0.387 e. The zero-order chi connectivity index (χ0) is 21.1. The molecule has 0 unspecified atom stereocenters. The van der Waals surface area contributed by atoms with Crippen LogP contribution < -0.4 is 15.5 Å². The first kappa shape index (κ1) is 20.6. The number of pyridine rings is 1. The van der Waals surface area contributed by atoms with Crippen molar-refractivity contribution < 1.29 is 23.4 Å². The molecule has 1 aromatic carbocycles. The lowest BCUT2D eigenvalue weighted by Gasteiger charge is -2.14. The van der Waals surface area contributed by atoms with E-state index in [0.29, 0.717) is 27.6 Å². The number of H-pyrrole nitrogens is 1. The molecule has 0 atom stereocenters. The minimum absolute atomic E-state index is 0.00684. The van der Waals surface area contributed by atoms with Crippen LogP contribution in [0.5, 0.6) is 11.5 Å². The van der Waals surface area contributed by atoms with E-state index in [4.69, 9.17) is 0 Å². The van der Waals surface area contributed by atoms with Crippen LogP contribution >= 0.6 is 11.8 Å². The van der Waals surface area contributed by atoms with E-state index < -0.39 is 17.8 Å². The number of aromatic hydroxyl groups is 1. The van der Waals surface area contributed by atoms with E-state index in [2.05, 4.69) is 20.0 Å². The summed E-state index contributed by atoms with van der Waals surface area (Å²) in [6.07, 6.45) is 0. The Labute approximate surface area is 167 Å². The molecule has 3 N–H and O–H groups in total. The molecule has 154 valence electrons. The molecule has 0 spiro atoms. The van der Waals surface area contributed by atoms with Crippen molar-refractivity contribution in [2.24, 2.45) is 7.05 Å². The van der Waals surface area contributed by atoms with Crippen LogP contribution in [-0.2, 0) is 18.4 Å². The normalized spacial score (nSPS) is 11.2. The number of imidazole rings is 1. The molecule has 0 bridgehead atoms. The fourth-order valence-corrected chi connectivity index (χ4v) is 3.36. The van der Waals surface area contributed by atoms with E-state index in [0.717, 1.165) is 11.8 Å². The van der Waals surface area contributed by atoms with Crippen LogP contribution in [0.25, 0.3) is 11.0 Å². The second-order valence-corrected chi connectivity index (χ2v) is 7.13. The third-order valence-corrected chi connectivity index (χ3v) is 5.10. The molecule has 0 aliphatic carbocycles. The summed E-state index contributed by atoms with van der Waals surface area (Å²) in [6, 6.07) is 5.64. The number of hydrogen-bond acceptors (Lipinski definition) is 6. The van der Waals surface area contributed by atoms with Gasteiger partial charge in [0.15, 0.2) is 10.9 Å². The van der Waals surface area contributed by atoms with Gasteiger partial charge in [-0.1, -0.05) is 11.8 Å². The highest BCUT2D eigenvalue weighted by Gasteiger charge is 2.13. The number of amides is 1. The summed E-state index contributed by atoms with van der Waals surface area (Å²) >= 11 is 1.13. The Morgan fingerprint density at radius 1 is 1.41 bits per heavy atom. The summed E-state index contributed by atoms with van der Waals surface area (Å²) in [5, 5.41) is 13.0. The number of benzene rings is 1. The Kier molecular flexibility index (Phi) is 6.06. The second kappa shape index (κ2) is 8.52. The van der Waals surface area contributed by atoms with Crippen molar-refractivity contribution in [3.05, 3.63) is 45.9 Å². The number of aromatic amines is 1. The molecule has 0 saturated heterocycles. The van der Waals surface area contributed by atoms with Crippen molar-refractivity contribution in [2.45, 2.75) is 25.2 Å². The third kappa shape index (κ3) is 4.86. The monoisotopic (exact) mass is 424 g/mol. The molecule has 8 nitrogen and oxygen atoms in total. The van der Waals surface area contributed by atoms with Gasteiger partial charge in [0.05, 0.1) is 29.0 Å². The Morgan fingerprint density at radius 3 is 2.90 bits per heavy atom. The number of thioether (sulfide) groups is 1. The highest BCUT2D eigenvalue weighted by atomic mass is 32.2. The lowest BCUT2D eigenvalue weighted by molar-refractivity contribution is -0.118. The molecule has 3 aromatic rings. The number of carbonyl (C=O) groups excluding carboxylic acids is 1. The standard InChI is InChI=1S/C18H18F2N4O4S/c1-9-5-14(25)16(27)13(24(9)2)7-21-15(26)8-29-18-22-11-4-3-10(28-17(19)20)6-12(11)23-18/h3-6,17,27H,7-8H2,1-2H3,(H,21,26)(H,22,23). The molecule has 2 heterocycles. The van der Waals surface area contributed by atoms with Gasteiger partial charge in [0, 0.05) is 24.9 Å². The molecule has 0 aliphatic rings. The Hall–Kier alpha value is -3.08. The Morgan fingerprint density at radius 2 is 2.17 bits per heavy atom. The predicted octanol–water partition coefficient (Wildman–Crippen LogP) is 2.29. The van der Waals surface area contributed by atoms with Crippen LogP contribution in [-0.4, -0.2) is 37.9 Å². The maximum absolute atomic E-state index is 12.3. The number of hydrogen-bond donors (Lipinski definition) is 3. The second-order valence-electron chi connectivity index (χ2n) is 6.17. The molecule has 1 amide bonds. The molecule has 11 heteroatoms. The average Bonchev–Trinajstić information content (AvgIpc) is 3.06. The van der Waals surface area contributed by atoms with E-state index in [-0.39, 0.29) is 24.0 Å². The number of halogens is 2. The van der Waals surface area contributed by atoms with Crippen molar-refractivity contribution >= 4 is 28.7 Å². The highest BCUT2D eigenvalue weighted by Crippen LogP contribution is 2.24. The number of carbonyl (C=O) groups is 1. The number of nitrogens with one attached hydrogen (secondary N) is 2. The van der Waals surface area contributed by atoms with E-state index in [1.807, 2.05) is 0 Å². The molecule has 3 rings (SSSR count). The zero-order valence-electron chi connectivity index (χ0n) is 15.5. The van der Waals surface area contributed by atoms with E-state index >= 15 is 0 Å². The minimum atomic E-state index is -2.92. The van der Waals surface area contributed by atoms with Crippen molar-refractivity contribution in [2.75, 3.05) is 5.75 Å². The first-order chi connectivity index (χ1) is 13.7.